The van der Waals surface area contributed by atoms with Crippen LogP contribution in [0.1, 0.15) is 13.3 Å². The van der Waals surface area contributed by atoms with Crippen molar-refractivity contribution in [3.05, 3.63) is 23.8 Å². The van der Waals surface area contributed by atoms with Crippen molar-refractivity contribution in [1.82, 2.24) is 5.32 Å². The van der Waals surface area contributed by atoms with Crippen LogP contribution in [0, 0.1) is 5.92 Å². The van der Waals surface area contributed by atoms with Crippen LogP contribution in [0.3, 0.4) is 0 Å². The fourth-order valence-corrected chi connectivity index (χ4v) is 1.59. The first kappa shape index (κ1) is 11.8. The fourth-order valence-electron chi connectivity index (χ4n) is 1.59. The lowest BCUT2D eigenvalue weighted by atomic mass is 9.89. The van der Waals surface area contributed by atoms with Crippen LogP contribution in [0.2, 0.25) is 0 Å². The van der Waals surface area contributed by atoms with Gasteiger partial charge < -0.3 is 15.8 Å². The third-order valence-electron chi connectivity index (χ3n) is 2.51. The lowest BCUT2D eigenvalue weighted by Gasteiger charge is -2.22. The lowest BCUT2D eigenvalue weighted by Crippen LogP contribution is -2.34. The van der Waals surface area contributed by atoms with E-state index in [1.54, 1.807) is 0 Å². The molecule has 0 heterocycles. The number of allylic oxidation sites excluding steroid dienone is 3. The minimum atomic E-state index is -0.440. The summed E-state index contributed by atoms with van der Waals surface area (Å²) in [6.07, 6.45) is 6.67. The zero-order chi connectivity index (χ0) is 11.3. The summed E-state index contributed by atoms with van der Waals surface area (Å²) in [5, 5.41) is 2.38. The van der Waals surface area contributed by atoms with E-state index < -0.39 is 6.09 Å². The molecule has 1 aliphatic carbocycles. The SMILES string of the molecule is CNC(=O)OCC(N)C1=CC=CCC1C. The molecule has 2 unspecified atom stereocenters. The first-order valence-electron chi connectivity index (χ1n) is 5.12. The van der Waals surface area contributed by atoms with Crippen LogP contribution >= 0.6 is 0 Å². The van der Waals surface area contributed by atoms with Gasteiger partial charge in [0.1, 0.15) is 6.61 Å². The summed E-state index contributed by atoms with van der Waals surface area (Å²) in [4.78, 5) is 10.9. The van der Waals surface area contributed by atoms with Gasteiger partial charge in [-0.15, -0.1) is 0 Å². The number of nitrogens with two attached hydrogens (primary N) is 1. The molecule has 15 heavy (non-hydrogen) atoms. The molecule has 1 aliphatic rings. The van der Waals surface area contributed by atoms with Gasteiger partial charge in [-0.25, -0.2) is 4.79 Å². The summed E-state index contributed by atoms with van der Waals surface area (Å²) in [6.45, 7) is 2.35. The Morgan fingerprint density at radius 3 is 3.13 bits per heavy atom. The third kappa shape index (κ3) is 3.40. The second kappa shape index (κ2) is 5.56. The minimum Gasteiger partial charge on any atom is -0.448 e. The van der Waals surface area contributed by atoms with Gasteiger partial charge in [-0.05, 0) is 17.9 Å². The van der Waals surface area contributed by atoms with Gasteiger partial charge in [0, 0.05) is 7.05 Å². The molecule has 0 fully saturated rings. The Balaban J connectivity index is 2.45. The highest BCUT2D eigenvalue weighted by Crippen LogP contribution is 2.21. The first-order valence-corrected chi connectivity index (χ1v) is 5.12. The highest BCUT2D eigenvalue weighted by atomic mass is 16.5. The predicted molar refractivity (Wildman–Crippen MR) is 59.4 cm³/mol. The number of ether oxygens (including phenoxy) is 1. The van der Waals surface area contributed by atoms with Crippen LogP contribution in [-0.2, 0) is 4.74 Å². The molecule has 4 heteroatoms. The van der Waals surface area contributed by atoms with Crippen LogP contribution in [0.15, 0.2) is 23.8 Å². The van der Waals surface area contributed by atoms with Crippen molar-refractivity contribution in [3.63, 3.8) is 0 Å². The minimum absolute atomic E-state index is 0.206. The molecule has 0 aliphatic heterocycles. The Morgan fingerprint density at radius 2 is 2.53 bits per heavy atom. The average molecular weight is 210 g/mol. The monoisotopic (exact) mass is 210 g/mol. The standard InChI is InChI=1S/C11H18N2O2/c1-8-5-3-4-6-9(8)10(12)7-15-11(14)13-2/h3-4,6,8,10H,5,7,12H2,1-2H3,(H,13,14). The van der Waals surface area contributed by atoms with Crippen molar-refractivity contribution in [1.29, 1.82) is 0 Å². The largest absolute Gasteiger partial charge is 0.448 e. The van der Waals surface area contributed by atoms with Crippen LogP contribution in [-0.4, -0.2) is 25.8 Å². The van der Waals surface area contributed by atoms with Gasteiger partial charge in [0.2, 0.25) is 0 Å². The zero-order valence-corrected chi connectivity index (χ0v) is 9.19. The van der Waals surface area contributed by atoms with Gasteiger partial charge in [-0.1, -0.05) is 25.2 Å². The molecule has 2 atom stereocenters. The maximum absolute atomic E-state index is 10.9. The third-order valence-corrected chi connectivity index (χ3v) is 2.51. The van der Waals surface area contributed by atoms with E-state index in [2.05, 4.69) is 18.3 Å². The molecule has 0 radical (unpaired) electrons. The second-order valence-electron chi connectivity index (χ2n) is 3.69. The van der Waals surface area contributed by atoms with Crippen molar-refractivity contribution in [2.45, 2.75) is 19.4 Å². The molecule has 0 saturated heterocycles. The van der Waals surface area contributed by atoms with Gasteiger partial charge in [0.25, 0.3) is 0 Å². The quantitative estimate of drug-likeness (QED) is 0.735. The number of carbonyl (C=O) groups excluding carboxylic acids is 1. The van der Waals surface area contributed by atoms with Crippen molar-refractivity contribution < 1.29 is 9.53 Å². The molecule has 3 N–H and O–H groups in total. The van der Waals surface area contributed by atoms with Gasteiger partial charge in [-0.2, -0.15) is 0 Å². The van der Waals surface area contributed by atoms with E-state index in [-0.39, 0.29) is 12.6 Å². The van der Waals surface area contributed by atoms with E-state index in [4.69, 9.17) is 10.5 Å². The second-order valence-corrected chi connectivity index (χ2v) is 3.69. The van der Waals surface area contributed by atoms with E-state index in [0.29, 0.717) is 5.92 Å². The predicted octanol–water partition coefficient (Wildman–Crippen LogP) is 1.19. The van der Waals surface area contributed by atoms with Crippen molar-refractivity contribution in [3.8, 4) is 0 Å². The van der Waals surface area contributed by atoms with Crippen LogP contribution in [0.25, 0.3) is 0 Å². The summed E-state index contributed by atoms with van der Waals surface area (Å²) in [7, 11) is 1.53. The highest BCUT2D eigenvalue weighted by molar-refractivity contribution is 5.66. The fraction of sp³-hybridized carbons (Fsp3) is 0.545. The van der Waals surface area contributed by atoms with Gasteiger partial charge in [0.15, 0.2) is 0 Å². The Hall–Kier alpha value is -1.29. The number of amides is 1. The summed E-state index contributed by atoms with van der Waals surface area (Å²) < 4.78 is 4.91. The van der Waals surface area contributed by atoms with Crippen LogP contribution in [0.5, 0.6) is 0 Å². The van der Waals surface area contributed by atoms with Gasteiger partial charge in [0.05, 0.1) is 6.04 Å². The Kier molecular flexibility index (Phi) is 4.37. The van der Waals surface area contributed by atoms with Crippen molar-refractivity contribution >= 4 is 6.09 Å². The first-order chi connectivity index (χ1) is 7.15. The molecule has 1 rings (SSSR count). The summed E-state index contributed by atoms with van der Waals surface area (Å²) >= 11 is 0. The smallest absolute Gasteiger partial charge is 0.406 e. The molecule has 4 nitrogen and oxygen atoms in total. The number of carbonyl (C=O) groups is 1. The molecule has 84 valence electrons. The summed E-state index contributed by atoms with van der Waals surface area (Å²) in [5.41, 5.74) is 7.07. The van der Waals surface area contributed by atoms with E-state index >= 15 is 0 Å². The van der Waals surface area contributed by atoms with E-state index in [1.165, 1.54) is 7.05 Å². The molecule has 0 aromatic heterocycles. The van der Waals surface area contributed by atoms with Crippen LogP contribution < -0.4 is 11.1 Å². The number of hydrogen-bond donors (Lipinski definition) is 2. The van der Waals surface area contributed by atoms with E-state index in [9.17, 15) is 4.79 Å². The van der Waals surface area contributed by atoms with Gasteiger partial charge >= 0.3 is 6.09 Å². The molecule has 0 saturated carbocycles. The van der Waals surface area contributed by atoms with E-state index in [0.717, 1.165) is 12.0 Å². The molecule has 0 bridgehead atoms. The average Bonchev–Trinajstić information content (AvgIpc) is 2.26. The summed E-state index contributed by atoms with van der Waals surface area (Å²) in [5.74, 6) is 0.429. The topological polar surface area (TPSA) is 64.3 Å². The lowest BCUT2D eigenvalue weighted by molar-refractivity contribution is 0.144. The molecule has 0 aromatic carbocycles. The number of alkyl carbamates (subject to hydrolysis) is 1. The van der Waals surface area contributed by atoms with Crippen molar-refractivity contribution in [2.24, 2.45) is 11.7 Å². The number of nitrogens with one attached hydrogen (secondary N) is 1. The maximum atomic E-state index is 10.9. The maximum Gasteiger partial charge on any atom is 0.406 e. The summed E-state index contributed by atoms with van der Waals surface area (Å²) in [6, 6.07) is -0.206. The van der Waals surface area contributed by atoms with Gasteiger partial charge in [-0.3, -0.25) is 0 Å². The Bertz CT molecular complexity index is 284. The van der Waals surface area contributed by atoms with Crippen molar-refractivity contribution in [2.75, 3.05) is 13.7 Å². The number of hydrogen-bond acceptors (Lipinski definition) is 3. The molecular weight excluding hydrogens is 192 g/mol. The molecule has 0 spiro atoms. The molecule has 1 amide bonds. The normalized spacial score (nSPS) is 21.8. The highest BCUT2D eigenvalue weighted by Gasteiger charge is 2.18. The van der Waals surface area contributed by atoms with E-state index in [1.807, 2.05) is 12.2 Å². The number of rotatable bonds is 3. The molecule has 0 aromatic rings. The zero-order valence-electron chi connectivity index (χ0n) is 9.19. The van der Waals surface area contributed by atoms with Crippen LogP contribution in [0.4, 0.5) is 4.79 Å². The Morgan fingerprint density at radius 1 is 1.80 bits per heavy atom. The molecular formula is C11H18N2O2. The Labute approximate surface area is 90.2 Å².